The van der Waals surface area contributed by atoms with Crippen LogP contribution in [0.15, 0.2) is 54.6 Å². The van der Waals surface area contributed by atoms with E-state index in [1.165, 1.54) is 18.4 Å². The molecule has 1 saturated heterocycles. The van der Waals surface area contributed by atoms with E-state index in [0.29, 0.717) is 10.0 Å². The van der Waals surface area contributed by atoms with Gasteiger partial charge in [-0.15, -0.1) is 0 Å². The largest absolute Gasteiger partial charge is 0.494 e. The highest BCUT2D eigenvalue weighted by Gasteiger charge is 2.18. The zero-order valence-electron chi connectivity index (χ0n) is 17.6. The van der Waals surface area contributed by atoms with E-state index in [1.807, 2.05) is 12.1 Å². The van der Waals surface area contributed by atoms with Gasteiger partial charge in [0.25, 0.3) is 0 Å². The Morgan fingerprint density at radius 2 is 1.66 bits per heavy atom. The fraction of sp³-hybridized carbons (Fsp3) is 0.333. The van der Waals surface area contributed by atoms with Crippen molar-refractivity contribution in [1.29, 1.82) is 0 Å². The number of rotatable bonds is 7. The first kappa shape index (κ1) is 25.7. The first-order valence-corrected chi connectivity index (χ1v) is 11.1. The number of piperidine rings is 1. The van der Waals surface area contributed by atoms with Crippen LogP contribution in [-0.2, 0) is 9.59 Å². The second kappa shape index (κ2) is 13.8. The summed E-state index contributed by atoms with van der Waals surface area (Å²) >= 11 is 11.9. The molecule has 1 heterocycles. The van der Waals surface area contributed by atoms with Crippen molar-refractivity contribution in [3.8, 4) is 5.75 Å². The normalized spacial score (nSPS) is 14.6. The molecular weight excluding hydrogens is 453 g/mol. The molecule has 0 radical (unpaired) electrons. The zero-order chi connectivity index (χ0) is 23.3. The Bertz CT molecular complexity index is 885. The minimum absolute atomic E-state index is 0.543. The molecule has 0 aromatic heterocycles. The molecule has 1 fully saturated rings. The van der Waals surface area contributed by atoms with Crippen LogP contribution in [0.5, 0.6) is 5.75 Å². The SMILES string of the molecule is Clc1ccc(OCCC2CCN(CC=Cc3ccccc3)CC2)cc1Cl.O=C(O)C(=O)O. The van der Waals surface area contributed by atoms with Gasteiger partial charge in [0.05, 0.1) is 16.7 Å². The van der Waals surface area contributed by atoms with Crippen molar-refractivity contribution in [2.45, 2.75) is 19.3 Å². The number of halogens is 2. The number of hydrogen-bond donors (Lipinski definition) is 2. The van der Waals surface area contributed by atoms with E-state index in [4.69, 9.17) is 47.7 Å². The number of aliphatic carboxylic acids is 2. The average molecular weight is 480 g/mol. The van der Waals surface area contributed by atoms with Gasteiger partial charge in [-0.2, -0.15) is 0 Å². The van der Waals surface area contributed by atoms with E-state index in [1.54, 1.807) is 12.1 Å². The second-order valence-electron chi connectivity index (χ2n) is 7.38. The predicted molar refractivity (Wildman–Crippen MR) is 126 cm³/mol. The summed E-state index contributed by atoms with van der Waals surface area (Å²) in [5.74, 6) is -2.11. The third-order valence-electron chi connectivity index (χ3n) is 5.05. The van der Waals surface area contributed by atoms with E-state index in [2.05, 4.69) is 41.3 Å². The number of likely N-dealkylation sites (tertiary alicyclic amines) is 1. The molecule has 0 amide bonds. The second-order valence-corrected chi connectivity index (χ2v) is 8.19. The summed E-state index contributed by atoms with van der Waals surface area (Å²) in [4.78, 5) is 20.7. The first-order chi connectivity index (χ1) is 15.3. The van der Waals surface area contributed by atoms with Gasteiger partial charge in [0.1, 0.15) is 5.75 Å². The summed E-state index contributed by atoms with van der Waals surface area (Å²) in [7, 11) is 0. The Morgan fingerprint density at radius 1 is 1.00 bits per heavy atom. The number of nitrogens with zero attached hydrogens (tertiary/aromatic N) is 1. The zero-order valence-corrected chi connectivity index (χ0v) is 19.1. The van der Waals surface area contributed by atoms with E-state index in [-0.39, 0.29) is 0 Å². The van der Waals surface area contributed by atoms with Gasteiger partial charge >= 0.3 is 11.9 Å². The van der Waals surface area contributed by atoms with Crippen molar-refractivity contribution in [3.05, 3.63) is 70.2 Å². The quantitative estimate of drug-likeness (QED) is 0.520. The Balaban J connectivity index is 0.000000534. The van der Waals surface area contributed by atoms with Crippen molar-refractivity contribution in [2.75, 3.05) is 26.2 Å². The van der Waals surface area contributed by atoms with Crippen LogP contribution in [0.3, 0.4) is 0 Å². The van der Waals surface area contributed by atoms with Crippen LogP contribution in [0.2, 0.25) is 10.0 Å². The summed E-state index contributed by atoms with van der Waals surface area (Å²) < 4.78 is 5.82. The van der Waals surface area contributed by atoms with Crippen LogP contribution in [0.1, 0.15) is 24.8 Å². The Labute approximate surface area is 198 Å². The van der Waals surface area contributed by atoms with Gasteiger partial charge in [-0.05, 0) is 56.0 Å². The van der Waals surface area contributed by atoms with Gasteiger partial charge < -0.3 is 14.9 Å². The lowest BCUT2D eigenvalue weighted by Gasteiger charge is -2.31. The average Bonchev–Trinajstić information content (AvgIpc) is 2.78. The van der Waals surface area contributed by atoms with E-state index >= 15 is 0 Å². The van der Waals surface area contributed by atoms with Crippen LogP contribution in [0, 0.1) is 5.92 Å². The third kappa shape index (κ3) is 9.73. The van der Waals surface area contributed by atoms with Gasteiger partial charge in [-0.1, -0.05) is 65.7 Å². The molecule has 0 spiro atoms. The van der Waals surface area contributed by atoms with Crippen molar-refractivity contribution in [3.63, 3.8) is 0 Å². The molecule has 0 unspecified atom stereocenters. The minimum atomic E-state index is -1.82. The lowest BCUT2D eigenvalue weighted by atomic mass is 9.94. The van der Waals surface area contributed by atoms with Crippen molar-refractivity contribution < 1.29 is 24.5 Å². The Kier molecular flexibility index (Phi) is 11.1. The molecule has 2 aromatic rings. The number of hydrogen-bond acceptors (Lipinski definition) is 4. The van der Waals surface area contributed by atoms with Gasteiger partial charge in [-0.25, -0.2) is 9.59 Å². The topological polar surface area (TPSA) is 87.1 Å². The van der Waals surface area contributed by atoms with Gasteiger partial charge in [0.2, 0.25) is 0 Å². The maximum absolute atomic E-state index is 9.10. The van der Waals surface area contributed by atoms with Crippen molar-refractivity contribution in [1.82, 2.24) is 4.90 Å². The lowest BCUT2D eigenvalue weighted by molar-refractivity contribution is -0.159. The number of ether oxygens (including phenoxy) is 1. The van der Waals surface area contributed by atoms with E-state index < -0.39 is 11.9 Å². The molecule has 0 aliphatic carbocycles. The highest BCUT2D eigenvalue weighted by Crippen LogP contribution is 2.27. The molecule has 0 bridgehead atoms. The van der Waals surface area contributed by atoms with Gasteiger partial charge in [-0.3, -0.25) is 4.90 Å². The number of carboxylic acids is 2. The molecule has 2 aromatic carbocycles. The number of benzene rings is 2. The molecule has 1 aliphatic heterocycles. The third-order valence-corrected chi connectivity index (χ3v) is 5.79. The van der Waals surface area contributed by atoms with Crippen LogP contribution in [0.4, 0.5) is 0 Å². The summed E-state index contributed by atoms with van der Waals surface area (Å²) in [6.45, 7) is 4.09. The van der Waals surface area contributed by atoms with Gasteiger partial charge in [0, 0.05) is 12.6 Å². The fourth-order valence-corrected chi connectivity index (χ4v) is 3.56. The van der Waals surface area contributed by atoms with Crippen LogP contribution in [-0.4, -0.2) is 53.3 Å². The van der Waals surface area contributed by atoms with E-state index in [0.717, 1.165) is 44.3 Å². The maximum atomic E-state index is 9.10. The molecule has 1 aliphatic rings. The van der Waals surface area contributed by atoms with Crippen LogP contribution >= 0.6 is 23.2 Å². The monoisotopic (exact) mass is 479 g/mol. The maximum Gasteiger partial charge on any atom is 0.414 e. The van der Waals surface area contributed by atoms with Crippen molar-refractivity contribution >= 4 is 41.2 Å². The molecule has 8 heteroatoms. The molecule has 32 heavy (non-hydrogen) atoms. The number of carboxylic acid groups (broad SMARTS) is 2. The molecule has 172 valence electrons. The summed E-state index contributed by atoms with van der Waals surface area (Å²) in [6.07, 6.45) is 8.04. The highest BCUT2D eigenvalue weighted by molar-refractivity contribution is 6.42. The van der Waals surface area contributed by atoms with Crippen LogP contribution < -0.4 is 4.74 Å². The summed E-state index contributed by atoms with van der Waals surface area (Å²) in [6, 6.07) is 15.9. The highest BCUT2D eigenvalue weighted by atomic mass is 35.5. The number of carbonyl (C=O) groups is 2. The van der Waals surface area contributed by atoms with Crippen molar-refractivity contribution in [2.24, 2.45) is 5.92 Å². The molecule has 2 N–H and O–H groups in total. The van der Waals surface area contributed by atoms with Gasteiger partial charge in [0.15, 0.2) is 0 Å². The first-order valence-electron chi connectivity index (χ1n) is 10.3. The smallest absolute Gasteiger partial charge is 0.414 e. The molecule has 0 saturated carbocycles. The standard InChI is InChI=1S/C22H25Cl2NO.C2H2O4/c23-21-9-8-20(17-22(21)24)26-16-12-19-10-14-25(15-11-19)13-4-7-18-5-2-1-3-6-18;3-1(4)2(5)6/h1-9,17,19H,10-16H2;(H,3,4)(H,5,6). The molecular formula is C24H27Cl2NO5. The molecule has 6 nitrogen and oxygen atoms in total. The summed E-state index contributed by atoms with van der Waals surface area (Å²) in [5.41, 5.74) is 1.27. The lowest BCUT2D eigenvalue weighted by Crippen LogP contribution is -2.34. The Hall–Kier alpha value is -2.54. The summed E-state index contributed by atoms with van der Waals surface area (Å²) in [5, 5.41) is 15.9. The van der Waals surface area contributed by atoms with Crippen LogP contribution in [0.25, 0.3) is 6.08 Å². The predicted octanol–water partition coefficient (Wildman–Crippen LogP) is 5.34. The minimum Gasteiger partial charge on any atom is -0.494 e. The Morgan fingerprint density at radius 3 is 2.25 bits per heavy atom. The molecule has 0 atom stereocenters. The molecule has 3 rings (SSSR count). The fourth-order valence-electron chi connectivity index (χ4n) is 3.27. The van der Waals surface area contributed by atoms with E-state index in [9.17, 15) is 0 Å².